The highest BCUT2D eigenvalue weighted by molar-refractivity contribution is 9.10. The number of ether oxygens (including phenoxy) is 2. The Morgan fingerprint density at radius 2 is 1.79 bits per heavy atom. The summed E-state index contributed by atoms with van der Waals surface area (Å²) in [6.45, 7) is 10.3. The quantitative estimate of drug-likeness (QED) is 0.535. The molecule has 2 N–H and O–H groups in total. The van der Waals surface area contributed by atoms with Crippen LogP contribution in [0.25, 0.3) is 10.9 Å². The van der Waals surface area contributed by atoms with Crippen LogP contribution in [0.15, 0.2) is 33.5 Å². The highest BCUT2D eigenvalue weighted by atomic mass is 79.9. The van der Waals surface area contributed by atoms with Gasteiger partial charge in [0, 0.05) is 9.86 Å². The molecule has 8 nitrogen and oxygen atoms in total. The van der Waals surface area contributed by atoms with E-state index in [-0.39, 0.29) is 5.69 Å². The van der Waals surface area contributed by atoms with Gasteiger partial charge in [-0.3, -0.25) is 9.63 Å². The number of hydrogen-bond acceptors (Lipinski definition) is 7. The maximum absolute atomic E-state index is 12.9. The Balaban J connectivity index is 2.47. The number of rotatable bonds is 4. The van der Waals surface area contributed by atoms with Crippen LogP contribution in [0.5, 0.6) is 0 Å². The van der Waals surface area contributed by atoms with E-state index in [1.165, 1.54) is 6.07 Å². The number of carbonyl (C=O) groups excluding carboxylic acids is 1. The smallest absolute Gasteiger partial charge is 0.427 e. The van der Waals surface area contributed by atoms with E-state index in [4.69, 9.17) is 14.3 Å². The number of aliphatic hydroxyl groups is 1. The first-order valence-corrected chi connectivity index (χ1v) is 9.43. The maximum Gasteiger partial charge on any atom is 0.534 e. The van der Waals surface area contributed by atoms with Gasteiger partial charge in [-0.05, 0) is 65.8 Å². The van der Waals surface area contributed by atoms with Gasteiger partial charge in [0.2, 0.25) is 6.41 Å². The van der Waals surface area contributed by atoms with E-state index in [0.717, 1.165) is 9.20 Å². The highest BCUT2D eigenvalue weighted by Crippen LogP contribution is 2.22. The second kappa shape index (κ2) is 8.10. The topological polar surface area (TPSA) is 99.0 Å². The Morgan fingerprint density at radius 1 is 1.14 bits per heavy atom. The predicted octanol–water partition coefficient (Wildman–Crippen LogP) is 3.63. The molecule has 0 aliphatic carbocycles. The Morgan fingerprint density at radius 3 is 2.36 bits per heavy atom. The predicted molar refractivity (Wildman–Crippen MR) is 109 cm³/mol. The van der Waals surface area contributed by atoms with Crippen molar-refractivity contribution in [1.29, 1.82) is 0 Å². The van der Waals surface area contributed by atoms with Gasteiger partial charge in [-0.25, -0.2) is 4.79 Å². The van der Waals surface area contributed by atoms with E-state index in [0.29, 0.717) is 10.9 Å². The molecule has 154 valence electrons. The van der Waals surface area contributed by atoms with Crippen molar-refractivity contribution < 1.29 is 24.2 Å². The van der Waals surface area contributed by atoms with Gasteiger partial charge in [0.1, 0.15) is 11.3 Å². The van der Waals surface area contributed by atoms with E-state index in [9.17, 15) is 14.7 Å². The SMILES string of the molecule is CC(C)(C)OC(=O)On1c(=O)c(NC(O)OC(C)(C)C)cc2cc(Br)ccc21. The third-order valence-electron chi connectivity index (χ3n) is 3.22. The van der Waals surface area contributed by atoms with Crippen molar-refractivity contribution in [2.45, 2.75) is 59.2 Å². The molecule has 0 aliphatic rings. The molecule has 28 heavy (non-hydrogen) atoms. The summed E-state index contributed by atoms with van der Waals surface area (Å²) in [7, 11) is 0. The van der Waals surface area contributed by atoms with Crippen LogP contribution in [0, 0.1) is 0 Å². The zero-order chi connectivity index (χ0) is 21.3. The summed E-state index contributed by atoms with van der Waals surface area (Å²) in [4.78, 5) is 30.1. The summed E-state index contributed by atoms with van der Waals surface area (Å²) in [6.07, 6.45) is -2.46. The lowest BCUT2D eigenvalue weighted by molar-refractivity contribution is -0.148. The summed E-state index contributed by atoms with van der Waals surface area (Å²) in [5.41, 5.74) is -1.76. The normalized spacial score (nSPS) is 13.3. The number of anilines is 1. The average molecular weight is 457 g/mol. The number of nitrogens with one attached hydrogen (secondary N) is 1. The molecule has 0 amide bonds. The zero-order valence-corrected chi connectivity index (χ0v) is 18.3. The summed E-state index contributed by atoms with van der Waals surface area (Å²) >= 11 is 3.37. The molecule has 9 heteroatoms. The molecule has 0 saturated carbocycles. The number of carbonyl (C=O) groups is 1. The number of aliphatic hydroxyl groups excluding tert-OH is 1. The number of pyridine rings is 1. The number of aromatic nitrogens is 1. The zero-order valence-electron chi connectivity index (χ0n) is 16.7. The van der Waals surface area contributed by atoms with Crippen molar-refractivity contribution in [2.24, 2.45) is 0 Å². The Bertz CT molecular complexity index is 927. The molecule has 0 bridgehead atoms. The number of hydrogen-bond donors (Lipinski definition) is 2. The number of fused-ring (bicyclic) bond motifs is 1. The number of nitrogens with zero attached hydrogens (tertiary/aromatic N) is 1. The van der Waals surface area contributed by atoms with Gasteiger partial charge in [-0.1, -0.05) is 15.9 Å². The van der Waals surface area contributed by atoms with Crippen molar-refractivity contribution >= 4 is 38.7 Å². The van der Waals surface area contributed by atoms with Crippen LogP contribution in [0.2, 0.25) is 0 Å². The second-order valence-electron chi connectivity index (χ2n) is 8.14. The average Bonchev–Trinajstić information content (AvgIpc) is 2.47. The maximum atomic E-state index is 12.9. The van der Waals surface area contributed by atoms with Crippen molar-refractivity contribution in [1.82, 2.24) is 4.73 Å². The van der Waals surface area contributed by atoms with Crippen molar-refractivity contribution in [3.05, 3.63) is 39.1 Å². The molecule has 1 atom stereocenters. The van der Waals surface area contributed by atoms with Crippen LogP contribution in [0.4, 0.5) is 10.5 Å². The lowest BCUT2D eigenvalue weighted by Gasteiger charge is -2.25. The Labute approximate surface area is 171 Å². The molecule has 1 aromatic heterocycles. The molecule has 1 unspecified atom stereocenters. The molecule has 0 saturated heterocycles. The first kappa shape index (κ1) is 22.2. The van der Waals surface area contributed by atoms with E-state index in [1.54, 1.807) is 59.7 Å². The van der Waals surface area contributed by atoms with Gasteiger partial charge in [-0.15, -0.1) is 4.73 Å². The van der Waals surface area contributed by atoms with Gasteiger partial charge in [0.15, 0.2) is 0 Å². The van der Waals surface area contributed by atoms with Crippen molar-refractivity contribution in [2.75, 3.05) is 5.32 Å². The van der Waals surface area contributed by atoms with Crippen LogP contribution in [0.3, 0.4) is 0 Å². The summed E-state index contributed by atoms with van der Waals surface area (Å²) in [5.74, 6) is 0. The minimum atomic E-state index is -1.44. The largest absolute Gasteiger partial charge is 0.534 e. The fourth-order valence-electron chi connectivity index (χ4n) is 2.30. The lowest BCUT2D eigenvalue weighted by Crippen LogP contribution is -2.38. The van der Waals surface area contributed by atoms with E-state index >= 15 is 0 Å². The minimum absolute atomic E-state index is 0.00842. The third-order valence-corrected chi connectivity index (χ3v) is 3.72. The third kappa shape index (κ3) is 6.22. The molecule has 0 fully saturated rings. The van der Waals surface area contributed by atoms with E-state index in [2.05, 4.69) is 21.2 Å². The van der Waals surface area contributed by atoms with Crippen molar-refractivity contribution in [3.8, 4) is 0 Å². The number of benzene rings is 1. The molecule has 0 spiro atoms. The molecule has 1 heterocycles. The monoisotopic (exact) mass is 456 g/mol. The molecule has 0 aliphatic heterocycles. The summed E-state index contributed by atoms with van der Waals surface area (Å²) in [6, 6.07) is 6.61. The Kier molecular flexibility index (Phi) is 6.42. The summed E-state index contributed by atoms with van der Waals surface area (Å²) in [5, 5.41) is 13.3. The molecular formula is C19H25BrN2O6. The van der Waals surface area contributed by atoms with Crippen LogP contribution in [-0.2, 0) is 9.47 Å². The fourth-order valence-corrected chi connectivity index (χ4v) is 2.68. The lowest BCUT2D eigenvalue weighted by atomic mass is 10.2. The molecule has 2 rings (SSSR count). The van der Waals surface area contributed by atoms with E-state index in [1.807, 2.05) is 0 Å². The summed E-state index contributed by atoms with van der Waals surface area (Å²) < 4.78 is 12.1. The second-order valence-corrected chi connectivity index (χ2v) is 9.06. The first-order chi connectivity index (χ1) is 12.7. The number of halogens is 1. The molecule has 0 radical (unpaired) electrons. The van der Waals surface area contributed by atoms with Crippen LogP contribution < -0.4 is 15.7 Å². The molecule has 1 aromatic carbocycles. The van der Waals surface area contributed by atoms with Gasteiger partial charge in [-0.2, -0.15) is 0 Å². The van der Waals surface area contributed by atoms with Gasteiger partial charge < -0.3 is 19.9 Å². The fraction of sp³-hybridized carbons (Fsp3) is 0.474. The minimum Gasteiger partial charge on any atom is -0.427 e. The highest BCUT2D eigenvalue weighted by Gasteiger charge is 2.22. The van der Waals surface area contributed by atoms with E-state index < -0.39 is 29.3 Å². The van der Waals surface area contributed by atoms with Gasteiger partial charge in [0.25, 0.3) is 0 Å². The van der Waals surface area contributed by atoms with Crippen molar-refractivity contribution in [3.63, 3.8) is 0 Å². The van der Waals surface area contributed by atoms with Crippen LogP contribution >= 0.6 is 15.9 Å². The molecule has 2 aromatic rings. The van der Waals surface area contributed by atoms with Gasteiger partial charge in [0.05, 0.1) is 11.1 Å². The first-order valence-electron chi connectivity index (χ1n) is 8.64. The Hall–Kier alpha value is -2.10. The molecular weight excluding hydrogens is 432 g/mol. The standard InChI is InChI=1S/C19H25BrN2O6/c1-18(2,3)26-16(24)21-13-10-11-9-12(20)7-8-14(11)22(15(13)23)28-17(25)27-19(4,5)6/h7-10,16,21,24H,1-6H3. The van der Waals surface area contributed by atoms with Crippen LogP contribution in [0.1, 0.15) is 41.5 Å². The van der Waals surface area contributed by atoms with Gasteiger partial charge >= 0.3 is 11.7 Å². The van der Waals surface area contributed by atoms with Crippen LogP contribution in [-0.4, -0.2) is 33.6 Å².